The lowest BCUT2D eigenvalue weighted by Gasteiger charge is -2.13. The number of hydrogen-bond donors (Lipinski definition) is 3. The molecule has 1 fully saturated rings. The van der Waals surface area contributed by atoms with Crippen molar-refractivity contribution in [2.75, 3.05) is 18.8 Å². The molecule has 2 aromatic heterocycles. The second kappa shape index (κ2) is 16.1. The van der Waals surface area contributed by atoms with E-state index in [0.29, 0.717) is 24.2 Å². The van der Waals surface area contributed by atoms with Gasteiger partial charge in [0.15, 0.2) is 0 Å². The Balaban J connectivity index is 0.00000237. The molecule has 4 N–H and O–H groups in total. The summed E-state index contributed by atoms with van der Waals surface area (Å²) < 4.78 is 15.2. The Morgan fingerprint density at radius 3 is 2.62 bits per heavy atom. The van der Waals surface area contributed by atoms with Crippen LogP contribution in [0.2, 0.25) is 0 Å². The first-order valence-electron chi connectivity index (χ1n) is 14.3. The number of anilines is 1. The highest BCUT2D eigenvalue weighted by molar-refractivity contribution is 5.79. The number of aromatic amines is 1. The van der Waals surface area contributed by atoms with E-state index in [9.17, 15) is 0 Å². The summed E-state index contributed by atoms with van der Waals surface area (Å²) in [5.41, 5.74) is 13.2. The van der Waals surface area contributed by atoms with E-state index in [0.717, 1.165) is 57.7 Å². The summed E-state index contributed by atoms with van der Waals surface area (Å²) in [6.07, 6.45) is 24.8. The molecule has 1 aliphatic carbocycles. The third-order valence-corrected chi connectivity index (χ3v) is 7.46. The van der Waals surface area contributed by atoms with Crippen LogP contribution in [-0.4, -0.2) is 28.0 Å². The minimum absolute atomic E-state index is 0.351. The van der Waals surface area contributed by atoms with Gasteiger partial charge in [0.25, 0.3) is 0 Å². The van der Waals surface area contributed by atoms with Crippen molar-refractivity contribution < 1.29 is 4.39 Å². The maximum absolute atomic E-state index is 15.2. The van der Waals surface area contributed by atoms with Crippen molar-refractivity contribution in [2.45, 2.75) is 46.0 Å². The molecular formula is C36H42FN5. The maximum Gasteiger partial charge on any atom is 0.133 e. The molecule has 0 radical (unpaired) electrons. The van der Waals surface area contributed by atoms with E-state index in [1.165, 1.54) is 31.7 Å². The van der Waals surface area contributed by atoms with Crippen molar-refractivity contribution in [3.05, 3.63) is 125 Å². The van der Waals surface area contributed by atoms with Crippen LogP contribution in [0.4, 0.5) is 10.1 Å². The van der Waals surface area contributed by atoms with Crippen molar-refractivity contribution in [1.82, 2.24) is 20.3 Å². The predicted octanol–water partition coefficient (Wildman–Crippen LogP) is 7.59. The molecule has 0 amide bonds. The minimum atomic E-state index is -0.351. The summed E-state index contributed by atoms with van der Waals surface area (Å²) in [5.74, 6) is 1.14. The monoisotopic (exact) mass is 563 g/mol. The maximum atomic E-state index is 15.2. The molecule has 1 aliphatic rings. The van der Waals surface area contributed by atoms with Crippen LogP contribution in [0, 0.1) is 31.5 Å². The Morgan fingerprint density at radius 2 is 1.98 bits per heavy atom. The van der Waals surface area contributed by atoms with Gasteiger partial charge in [0.2, 0.25) is 0 Å². The average Bonchev–Trinajstić information content (AvgIpc) is 3.66. The number of imidazole rings is 1. The highest BCUT2D eigenvalue weighted by Gasteiger charge is 2.17. The largest absolute Gasteiger partial charge is 0.398 e. The number of pyridine rings is 1. The highest BCUT2D eigenvalue weighted by atomic mass is 19.1. The van der Waals surface area contributed by atoms with Gasteiger partial charge in [-0.2, -0.15) is 0 Å². The van der Waals surface area contributed by atoms with E-state index in [4.69, 9.17) is 10.7 Å². The van der Waals surface area contributed by atoms with Gasteiger partial charge in [-0.3, -0.25) is 4.98 Å². The van der Waals surface area contributed by atoms with Crippen molar-refractivity contribution in [1.29, 1.82) is 0 Å². The van der Waals surface area contributed by atoms with E-state index >= 15 is 4.39 Å². The molecule has 0 saturated heterocycles. The molecule has 2 heterocycles. The van der Waals surface area contributed by atoms with Crippen molar-refractivity contribution in [3.63, 3.8) is 0 Å². The highest BCUT2D eigenvalue weighted by Crippen LogP contribution is 2.29. The molecule has 1 aromatic carbocycles. The van der Waals surface area contributed by atoms with Gasteiger partial charge in [-0.15, -0.1) is 12.8 Å². The summed E-state index contributed by atoms with van der Waals surface area (Å²) >= 11 is 0. The number of nitrogens with one attached hydrogen (secondary N) is 2. The number of benzene rings is 1. The van der Waals surface area contributed by atoms with Gasteiger partial charge >= 0.3 is 0 Å². The Kier molecular flexibility index (Phi) is 12.3. The fourth-order valence-electron chi connectivity index (χ4n) is 5.32. The number of aromatic nitrogens is 3. The molecule has 42 heavy (non-hydrogen) atoms. The Hall–Kier alpha value is -4.47. The first-order chi connectivity index (χ1) is 20.4. The van der Waals surface area contributed by atoms with Crippen molar-refractivity contribution in [3.8, 4) is 12.8 Å². The topological polar surface area (TPSA) is 79.6 Å². The SMILES string of the molecule is C#C.C=C/C=C(/c1ccccn1)c1nc(Cc2cc(C(/C=C(\C=C)CNCC3CCCC3)=C/C)c(F)cc2N)[nH]c1C. The summed E-state index contributed by atoms with van der Waals surface area (Å²) in [4.78, 5) is 12.7. The van der Waals surface area contributed by atoms with Crippen LogP contribution in [-0.2, 0) is 6.42 Å². The summed E-state index contributed by atoms with van der Waals surface area (Å²) in [7, 11) is 0. The second-order valence-electron chi connectivity index (χ2n) is 10.3. The second-order valence-corrected chi connectivity index (χ2v) is 10.3. The van der Waals surface area contributed by atoms with Gasteiger partial charge in [0, 0.05) is 41.7 Å². The van der Waals surface area contributed by atoms with Gasteiger partial charge in [0.05, 0.1) is 11.4 Å². The predicted molar refractivity (Wildman–Crippen MR) is 175 cm³/mol. The molecule has 3 aromatic rings. The quantitative estimate of drug-likeness (QED) is 0.121. The van der Waals surface area contributed by atoms with E-state index in [1.807, 2.05) is 62.4 Å². The molecule has 5 nitrogen and oxygen atoms in total. The molecule has 6 heteroatoms. The smallest absolute Gasteiger partial charge is 0.133 e. The van der Waals surface area contributed by atoms with E-state index in [2.05, 4.69) is 41.3 Å². The van der Waals surface area contributed by atoms with Crippen LogP contribution in [0.1, 0.15) is 66.6 Å². The number of aryl methyl sites for hydroxylation is 1. The zero-order chi connectivity index (χ0) is 30.5. The fourth-order valence-corrected chi connectivity index (χ4v) is 5.32. The van der Waals surface area contributed by atoms with Gasteiger partial charge < -0.3 is 16.0 Å². The van der Waals surface area contributed by atoms with Crippen LogP contribution >= 0.6 is 0 Å². The van der Waals surface area contributed by atoms with E-state index in [1.54, 1.807) is 12.3 Å². The van der Waals surface area contributed by atoms with Crippen LogP contribution in [0.15, 0.2) is 85.6 Å². The first-order valence-corrected chi connectivity index (χ1v) is 14.3. The molecule has 218 valence electrons. The number of rotatable bonds is 12. The Bertz CT molecular complexity index is 1470. The molecule has 0 aliphatic heterocycles. The number of nitrogens with two attached hydrogens (primary N) is 1. The minimum Gasteiger partial charge on any atom is -0.398 e. The molecule has 0 bridgehead atoms. The lowest BCUT2D eigenvalue weighted by Crippen LogP contribution is -2.23. The van der Waals surface area contributed by atoms with Gasteiger partial charge in [0.1, 0.15) is 11.6 Å². The number of nitrogens with zero attached hydrogens (tertiary/aromatic N) is 2. The standard InChI is InChI=1S/C34H40FN5.C2H2/c1-5-12-28(32-15-10-11-16-38-32)34-23(4)39-33(40-34)19-27-18-29(30(35)20-31(27)36)26(7-3)17-24(6-2)21-37-22-25-13-8-9-14-25;1-2/h5-7,10-12,15-18,20,25,37H,1-2,8-9,13-14,19,21-22,36H2,3-4H3,(H,39,40);1-2H/b24-17+,26-7+,28-12-;. The number of terminal acetylenes is 1. The third-order valence-electron chi connectivity index (χ3n) is 7.46. The number of halogens is 1. The lowest BCUT2D eigenvalue weighted by atomic mass is 9.97. The lowest BCUT2D eigenvalue weighted by molar-refractivity contribution is 0.503. The van der Waals surface area contributed by atoms with Crippen LogP contribution in [0.5, 0.6) is 0 Å². The molecule has 1 saturated carbocycles. The first kappa shape index (κ1) is 32.0. The van der Waals surface area contributed by atoms with E-state index in [-0.39, 0.29) is 5.82 Å². The molecule has 4 rings (SSSR count). The Morgan fingerprint density at radius 1 is 1.21 bits per heavy atom. The van der Waals surface area contributed by atoms with Crippen molar-refractivity contribution in [2.24, 2.45) is 5.92 Å². The van der Waals surface area contributed by atoms with Crippen LogP contribution in [0.3, 0.4) is 0 Å². The summed E-state index contributed by atoms with van der Waals surface area (Å²) in [6, 6.07) is 9.01. The fraction of sp³-hybridized carbons (Fsp3) is 0.278. The Labute approximate surface area is 250 Å². The number of nitrogen functional groups attached to an aromatic ring is 1. The average molecular weight is 564 g/mol. The van der Waals surface area contributed by atoms with Crippen LogP contribution < -0.4 is 11.1 Å². The molecule has 0 atom stereocenters. The number of H-pyrrole nitrogens is 1. The van der Waals surface area contributed by atoms with E-state index < -0.39 is 0 Å². The van der Waals surface area contributed by atoms with Crippen molar-refractivity contribution >= 4 is 16.8 Å². The normalized spacial score (nSPS) is 14.4. The number of allylic oxidation sites excluding steroid dienone is 5. The molecular weight excluding hydrogens is 521 g/mol. The zero-order valence-corrected chi connectivity index (χ0v) is 24.8. The van der Waals surface area contributed by atoms with Crippen LogP contribution in [0.25, 0.3) is 11.1 Å². The molecule has 0 unspecified atom stereocenters. The van der Waals surface area contributed by atoms with Gasteiger partial charge in [-0.05, 0) is 80.1 Å². The number of hydrogen-bond acceptors (Lipinski definition) is 4. The van der Waals surface area contributed by atoms with Gasteiger partial charge in [-0.1, -0.05) is 62.4 Å². The summed E-state index contributed by atoms with van der Waals surface area (Å²) in [6.45, 7) is 13.4. The third kappa shape index (κ3) is 8.28. The van der Waals surface area contributed by atoms with Gasteiger partial charge in [-0.25, -0.2) is 9.37 Å². The molecule has 0 spiro atoms. The summed E-state index contributed by atoms with van der Waals surface area (Å²) in [5, 5.41) is 3.56. The zero-order valence-electron chi connectivity index (χ0n) is 24.8.